The van der Waals surface area contributed by atoms with Gasteiger partial charge < -0.3 is 5.11 Å². The SMILES string of the molecule is CC1CCCCCN1CC(O)C1CCCC1. The maximum absolute atomic E-state index is 10.3. The zero-order chi connectivity index (χ0) is 11.4. The summed E-state index contributed by atoms with van der Waals surface area (Å²) in [6.07, 6.45) is 10.5. The molecule has 2 atom stereocenters. The van der Waals surface area contributed by atoms with Crippen LogP contribution in [0.1, 0.15) is 58.3 Å². The van der Waals surface area contributed by atoms with Gasteiger partial charge in [0.05, 0.1) is 6.10 Å². The number of aliphatic hydroxyl groups is 1. The summed E-state index contributed by atoms with van der Waals surface area (Å²) >= 11 is 0. The van der Waals surface area contributed by atoms with Crippen LogP contribution in [0.2, 0.25) is 0 Å². The van der Waals surface area contributed by atoms with Crippen LogP contribution in [-0.4, -0.2) is 35.2 Å². The van der Waals surface area contributed by atoms with Crippen LogP contribution in [0.4, 0.5) is 0 Å². The summed E-state index contributed by atoms with van der Waals surface area (Å²) in [6.45, 7) is 4.45. The highest BCUT2D eigenvalue weighted by atomic mass is 16.3. The van der Waals surface area contributed by atoms with Crippen molar-refractivity contribution in [3.05, 3.63) is 0 Å². The molecule has 2 nitrogen and oxygen atoms in total. The lowest BCUT2D eigenvalue weighted by Crippen LogP contribution is -2.40. The van der Waals surface area contributed by atoms with Crippen molar-refractivity contribution < 1.29 is 5.11 Å². The van der Waals surface area contributed by atoms with Crippen molar-refractivity contribution >= 4 is 0 Å². The number of aliphatic hydroxyl groups excluding tert-OH is 1. The first kappa shape index (κ1) is 12.4. The van der Waals surface area contributed by atoms with E-state index in [1.807, 2.05) is 0 Å². The molecule has 1 aliphatic carbocycles. The van der Waals surface area contributed by atoms with Gasteiger partial charge in [0.2, 0.25) is 0 Å². The summed E-state index contributed by atoms with van der Waals surface area (Å²) in [5.41, 5.74) is 0. The molecule has 0 aromatic rings. The fraction of sp³-hybridized carbons (Fsp3) is 1.00. The molecule has 94 valence electrons. The molecule has 1 saturated carbocycles. The van der Waals surface area contributed by atoms with Gasteiger partial charge in [-0.05, 0) is 45.1 Å². The van der Waals surface area contributed by atoms with E-state index in [9.17, 15) is 5.11 Å². The summed E-state index contributed by atoms with van der Waals surface area (Å²) in [5.74, 6) is 0.593. The van der Waals surface area contributed by atoms with E-state index in [4.69, 9.17) is 0 Å². The van der Waals surface area contributed by atoms with E-state index >= 15 is 0 Å². The molecule has 0 radical (unpaired) electrons. The number of hydrogen-bond donors (Lipinski definition) is 1. The Kier molecular flexibility index (Phi) is 4.66. The first-order chi connectivity index (χ1) is 7.77. The highest BCUT2D eigenvalue weighted by Crippen LogP contribution is 2.29. The quantitative estimate of drug-likeness (QED) is 0.798. The van der Waals surface area contributed by atoms with Gasteiger partial charge in [-0.1, -0.05) is 25.7 Å². The molecule has 16 heavy (non-hydrogen) atoms. The minimum atomic E-state index is -0.0666. The molecular weight excluding hydrogens is 198 g/mol. The Hall–Kier alpha value is -0.0800. The first-order valence-corrected chi connectivity index (χ1v) is 7.19. The van der Waals surface area contributed by atoms with Gasteiger partial charge in [-0.2, -0.15) is 0 Å². The zero-order valence-electron chi connectivity index (χ0n) is 10.7. The van der Waals surface area contributed by atoms with E-state index < -0.39 is 0 Å². The van der Waals surface area contributed by atoms with Gasteiger partial charge in [0, 0.05) is 12.6 Å². The average Bonchev–Trinajstić information content (AvgIpc) is 2.73. The topological polar surface area (TPSA) is 23.5 Å². The second-order valence-electron chi connectivity index (χ2n) is 5.81. The lowest BCUT2D eigenvalue weighted by molar-refractivity contribution is 0.0524. The second kappa shape index (κ2) is 6.02. The number of hydrogen-bond acceptors (Lipinski definition) is 2. The van der Waals surface area contributed by atoms with Crippen LogP contribution in [0.5, 0.6) is 0 Å². The summed E-state index contributed by atoms with van der Waals surface area (Å²) in [7, 11) is 0. The Morgan fingerprint density at radius 3 is 2.50 bits per heavy atom. The molecule has 2 fully saturated rings. The normalized spacial score (nSPS) is 31.5. The Balaban J connectivity index is 1.81. The molecule has 1 heterocycles. The van der Waals surface area contributed by atoms with Gasteiger partial charge in [-0.15, -0.1) is 0 Å². The Morgan fingerprint density at radius 2 is 1.75 bits per heavy atom. The van der Waals surface area contributed by atoms with Crippen molar-refractivity contribution in [2.75, 3.05) is 13.1 Å². The molecule has 0 spiro atoms. The van der Waals surface area contributed by atoms with Crippen molar-refractivity contribution in [3.63, 3.8) is 0 Å². The number of rotatable bonds is 3. The molecule has 1 saturated heterocycles. The molecule has 0 aromatic heterocycles. The van der Waals surface area contributed by atoms with Gasteiger partial charge >= 0.3 is 0 Å². The fourth-order valence-corrected chi connectivity index (χ4v) is 3.34. The van der Waals surface area contributed by atoms with Gasteiger partial charge in [0.1, 0.15) is 0 Å². The molecule has 2 rings (SSSR count). The Bertz CT molecular complexity index is 201. The van der Waals surface area contributed by atoms with Gasteiger partial charge in [0.25, 0.3) is 0 Å². The van der Waals surface area contributed by atoms with Crippen LogP contribution in [0.3, 0.4) is 0 Å². The van der Waals surface area contributed by atoms with Gasteiger partial charge in [-0.25, -0.2) is 0 Å². The number of likely N-dealkylation sites (tertiary alicyclic amines) is 1. The van der Waals surface area contributed by atoms with Crippen LogP contribution in [0.25, 0.3) is 0 Å². The fourth-order valence-electron chi connectivity index (χ4n) is 3.34. The standard InChI is InChI=1S/C14H27NO/c1-12-7-3-2-6-10-15(12)11-14(16)13-8-4-5-9-13/h12-14,16H,2-11H2,1H3. The lowest BCUT2D eigenvalue weighted by atomic mass is 10.00. The van der Waals surface area contributed by atoms with Crippen molar-refractivity contribution in [2.24, 2.45) is 5.92 Å². The summed E-state index contributed by atoms with van der Waals surface area (Å²) in [4.78, 5) is 2.52. The van der Waals surface area contributed by atoms with Crippen molar-refractivity contribution in [1.29, 1.82) is 0 Å². The number of β-amino-alcohol motifs (C(OH)–C–C–N with tert-alkyl or cyclic N) is 1. The largest absolute Gasteiger partial charge is 0.392 e. The molecular formula is C14H27NO. The predicted molar refractivity (Wildman–Crippen MR) is 67.5 cm³/mol. The van der Waals surface area contributed by atoms with Crippen molar-refractivity contribution in [3.8, 4) is 0 Å². The van der Waals surface area contributed by atoms with E-state index in [1.54, 1.807) is 0 Å². The third-order valence-electron chi connectivity index (χ3n) is 4.56. The van der Waals surface area contributed by atoms with E-state index in [0.29, 0.717) is 12.0 Å². The summed E-state index contributed by atoms with van der Waals surface area (Å²) in [6, 6.07) is 0.679. The van der Waals surface area contributed by atoms with E-state index in [1.165, 1.54) is 57.9 Å². The molecule has 2 heteroatoms. The third-order valence-corrected chi connectivity index (χ3v) is 4.56. The predicted octanol–water partition coefficient (Wildman–Crippen LogP) is 2.80. The summed E-state index contributed by atoms with van der Waals surface area (Å²) in [5, 5.41) is 10.3. The maximum atomic E-state index is 10.3. The van der Waals surface area contributed by atoms with Crippen LogP contribution in [-0.2, 0) is 0 Å². The Labute approximate surface area is 100 Å². The lowest BCUT2D eigenvalue weighted by Gasteiger charge is -2.31. The average molecular weight is 225 g/mol. The van der Waals surface area contributed by atoms with E-state index in [2.05, 4.69) is 11.8 Å². The third kappa shape index (κ3) is 3.21. The molecule has 0 bridgehead atoms. The van der Waals surface area contributed by atoms with E-state index in [-0.39, 0.29) is 6.10 Å². The first-order valence-electron chi connectivity index (χ1n) is 7.19. The number of nitrogens with zero attached hydrogens (tertiary/aromatic N) is 1. The van der Waals surface area contributed by atoms with Crippen LogP contribution in [0, 0.1) is 5.92 Å². The van der Waals surface area contributed by atoms with Crippen LogP contribution < -0.4 is 0 Å². The molecule has 0 aromatic carbocycles. The molecule has 1 aliphatic heterocycles. The maximum Gasteiger partial charge on any atom is 0.0695 e. The monoisotopic (exact) mass is 225 g/mol. The van der Waals surface area contributed by atoms with Gasteiger partial charge in [0.15, 0.2) is 0 Å². The van der Waals surface area contributed by atoms with Crippen molar-refractivity contribution in [1.82, 2.24) is 4.90 Å². The van der Waals surface area contributed by atoms with Crippen molar-refractivity contribution in [2.45, 2.75) is 70.4 Å². The van der Waals surface area contributed by atoms with E-state index in [0.717, 1.165) is 6.54 Å². The minimum absolute atomic E-state index is 0.0666. The van der Waals surface area contributed by atoms with Gasteiger partial charge in [-0.3, -0.25) is 4.90 Å². The smallest absolute Gasteiger partial charge is 0.0695 e. The Morgan fingerprint density at radius 1 is 1.06 bits per heavy atom. The van der Waals surface area contributed by atoms with Crippen LogP contribution in [0.15, 0.2) is 0 Å². The minimum Gasteiger partial charge on any atom is -0.392 e. The summed E-state index contributed by atoms with van der Waals surface area (Å²) < 4.78 is 0. The highest BCUT2D eigenvalue weighted by Gasteiger charge is 2.26. The molecule has 2 aliphatic rings. The molecule has 2 unspecified atom stereocenters. The zero-order valence-corrected chi connectivity index (χ0v) is 10.7. The highest BCUT2D eigenvalue weighted by molar-refractivity contribution is 4.80. The van der Waals surface area contributed by atoms with Crippen LogP contribution >= 0.6 is 0 Å². The second-order valence-corrected chi connectivity index (χ2v) is 5.81. The molecule has 0 amide bonds. The molecule has 1 N–H and O–H groups in total.